The molecule has 0 radical (unpaired) electrons. The number of aromatic nitrogens is 2. The Morgan fingerprint density at radius 3 is 2.60 bits per heavy atom. The van der Waals surface area contributed by atoms with E-state index in [2.05, 4.69) is 15.5 Å². The number of rotatable bonds is 7. The van der Waals surface area contributed by atoms with Crippen molar-refractivity contribution in [3.8, 4) is 0 Å². The second kappa shape index (κ2) is 8.80. The Hall–Kier alpha value is -3.17. The van der Waals surface area contributed by atoms with Gasteiger partial charge in [0, 0.05) is 35.6 Å². The summed E-state index contributed by atoms with van der Waals surface area (Å²) < 4.78 is 34.4. The molecule has 1 aliphatic rings. The minimum absolute atomic E-state index is 0.150. The molecular weight excluding hydrogens is 454 g/mol. The van der Waals surface area contributed by atoms with E-state index in [0.29, 0.717) is 29.2 Å². The fourth-order valence-corrected chi connectivity index (χ4v) is 4.94. The van der Waals surface area contributed by atoms with Crippen molar-refractivity contribution in [2.24, 2.45) is 0 Å². The standard InChI is InChI=1S/C26H30F2N4O3/c1-7-35-25(5)21-11-19-18(12-22(21)32(6)24(25)34)16(4)30-31-23(19)29-15(3)17-9-8-10-20(14(17)2)26(27,28)13-33/h8-12,15,33H,7,13H2,1-6H3,(H,29,31)/t15-,25?/m1/s1. The zero-order chi connectivity index (χ0) is 25.7. The van der Waals surface area contributed by atoms with Crippen molar-refractivity contribution in [3.63, 3.8) is 0 Å². The molecule has 186 valence electrons. The van der Waals surface area contributed by atoms with E-state index in [1.54, 1.807) is 37.9 Å². The highest BCUT2D eigenvalue weighted by Gasteiger charge is 2.47. The number of nitrogens with zero attached hydrogens (tertiary/aromatic N) is 3. The van der Waals surface area contributed by atoms with Crippen molar-refractivity contribution < 1.29 is 23.4 Å². The van der Waals surface area contributed by atoms with Crippen molar-refractivity contribution in [1.82, 2.24) is 10.2 Å². The van der Waals surface area contributed by atoms with Gasteiger partial charge in [0.1, 0.15) is 6.61 Å². The lowest BCUT2D eigenvalue weighted by molar-refractivity contribution is -0.140. The van der Waals surface area contributed by atoms with Crippen LogP contribution in [0.25, 0.3) is 10.8 Å². The molecule has 1 unspecified atom stereocenters. The Bertz CT molecular complexity index is 1310. The molecule has 2 N–H and O–H groups in total. The number of benzene rings is 2. The number of alkyl halides is 2. The zero-order valence-electron chi connectivity index (χ0n) is 20.7. The van der Waals surface area contributed by atoms with Crippen LogP contribution in [0.2, 0.25) is 0 Å². The summed E-state index contributed by atoms with van der Waals surface area (Å²) >= 11 is 0. The molecular formula is C26H30F2N4O3. The lowest BCUT2D eigenvalue weighted by Gasteiger charge is -2.24. The molecule has 0 aliphatic carbocycles. The largest absolute Gasteiger partial charge is 0.390 e. The van der Waals surface area contributed by atoms with Crippen LogP contribution < -0.4 is 10.2 Å². The summed E-state index contributed by atoms with van der Waals surface area (Å²) in [7, 11) is 1.72. The molecule has 0 fully saturated rings. The van der Waals surface area contributed by atoms with Gasteiger partial charge in [-0.25, -0.2) is 0 Å². The second-order valence-corrected chi connectivity index (χ2v) is 9.13. The first-order chi connectivity index (χ1) is 16.5. The molecule has 0 saturated carbocycles. The molecule has 9 heteroatoms. The molecule has 0 spiro atoms. The SMILES string of the molecule is CCOC1(C)C(=O)N(C)c2cc3c(C)nnc(N[C@H](C)c4cccc(C(F)(F)CO)c4C)c3cc21. The summed E-state index contributed by atoms with van der Waals surface area (Å²) in [6.45, 7) is 8.04. The summed E-state index contributed by atoms with van der Waals surface area (Å²) in [5.74, 6) is -3.01. The van der Waals surface area contributed by atoms with Crippen LogP contribution >= 0.6 is 0 Å². The molecule has 35 heavy (non-hydrogen) atoms. The summed E-state index contributed by atoms with van der Waals surface area (Å²) in [4.78, 5) is 14.6. The number of halogens is 2. The molecule has 1 amide bonds. The smallest absolute Gasteiger partial charge is 0.296 e. The van der Waals surface area contributed by atoms with Gasteiger partial charge in [-0.2, -0.15) is 13.9 Å². The Balaban J connectivity index is 1.81. The fourth-order valence-electron chi connectivity index (χ4n) is 4.94. The summed E-state index contributed by atoms with van der Waals surface area (Å²) in [5, 5.41) is 22.7. The quantitative estimate of drug-likeness (QED) is 0.504. The summed E-state index contributed by atoms with van der Waals surface area (Å²) in [5.41, 5.74) is 1.92. The van der Waals surface area contributed by atoms with E-state index in [9.17, 15) is 13.6 Å². The highest BCUT2D eigenvalue weighted by atomic mass is 19.3. The Morgan fingerprint density at radius 1 is 1.23 bits per heavy atom. The zero-order valence-corrected chi connectivity index (χ0v) is 20.7. The number of carbonyl (C=O) groups excluding carboxylic acids is 1. The van der Waals surface area contributed by atoms with Gasteiger partial charge in [0.15, 0.2) is 11.4 Å². The van der Waals surface area contributed by atoms with Gasteiger partial charge in [-0.3, -0.25) is 4.79 Å². The van der Waals surface area contributed by atoms with Gasteiger partial charge in [-0.05, 0) is 57.9 Å². The van der Waals surface area contributed by atoms with Gasteiger partial charge >= 0.3 is 0 Å². The maximum absolute atomic E-state index is 14.3. The Labute approximate surface area is 203 Å². The average Bonchev–Trinajstić information content (AvgIpc) is 3.01. The number of carbonyl (C=O) groups is 1. The van der Waals surface area contributed by atoms with Crippen molar-refractivity contribution in [1.29, 1.82) is 0 Å². The van der Waals surface area contributed by atoms with Crippen LogP contribution in [0.3, 0.4) is 0 Å². The van der Waals surface area contributed by atoms with Crippen LogP contribution in [-0.4, -0.2) is 41.5 Å². The van der Waals surface area contributed by atoms with Crippen molar-refractivity contribution >= 4 is 28.2 Å². The predicted octanol–water partition coefficient (Wildman–Crippen LogP) is 4.73. The molecule has 2 aromatic carbocycles. The van der Waals surface area contributed by atoms with Gasteiger partial charge in [0.25, 0.3) is 11.8 Å². The van der Waals surface area contributed by atoms with Crippen LogP contribution in [0.4, 0.5) is 20.3 Å². The van der Waals surface area contributed by atoms with Crippen molar-refractivity contribution in [2.45, 2.75) is 52.2 Å². The maximum atomic E-state index is 14.3. The lowest BCUT2D eigenvalue weighted by atomic mass is 9.93. The molecule has 1 aromatic heterocycles. The number of hydrogen-bond donors (Lipinski definition) is 2. The van der Waals surface area contributed by atoms with Gasteiger partial charge < -0.3 is 20.1 Å². The molecule has 4 rings (SSSR count). The third kappa shape index (κ3) is 3.92. The maximum Gasteiger partial charge on any atom is 0.296 e. The molecule has 7 nitrogen and oxygen atoms in total. The highest BCUT2D eigenvalue weighted by Crippen LogP contribution is 2.45. The second-order valence-electron chi connectivity index (χ2n) is 9.13. The number of hydrogen-bond acceptors (Lipinski definition) is 6. The topological polar surface area (TPSA) is 87.6 Å². The number of ether oxygens (including phenoxy) is 1. The van der Waals surface area contributed by atoms with E-state index >= 15 is 0 Å². The minimum atomic E-state index is -3.33. The number of aliphatic hydroxyl groups is 1. The van der Waals surface area contributed by atoms with Crippen LogP contribution in [0.1, 0.15) is 54.8 Å². The molecule has 0 bridgehead atoms. The normalized spacial score (nSPS) is 18.8. The number of fused-ring (bicyclic) bond motifs is 2. The molecule has 2 heterocycles. The van der Waals surface area contributed by atoms with Crippen molar-refractivity contribution in [2.75, 3.05) is 30.5 Å². The number of nitrogens with one attached hydrogen (secondary N) is 1. The Kier molecular flexibility index (Phi) is 6.27. The summed E-state index contributed by atoms with van der Waals surface area (Å²) in [6, 6.07) is 8.09. The lowest BCUT2D eigenvalue weighted by Crippen LogP contribution is -2.38. The van der Waals surface area contributed by atoms with Crippen LogP contribution in [-0.2, 0) is 21.1 Å². The van der Waals surface area contributed by atoms with Gasteiger partial charge in [0.05, 0.1) is 17.4 Å². The number of aryl methyl sites for hydroxylation is 1. The molecule has 3 aromatic rings. The summed E-state index contributed by atoms with van der Waals surface area (Å²) in [6.07, 6.45) is 0. The first-order valence-electron chi connectivity index (χ1n) is 11.5. The van der Waals surface area contributed by atoms with E-state index in [0.717, 1.165) is 22.0 Å². The minimum Gasteiger partial charge on any atom is -0.390 e. The predicted molar refractivity (Wildman–Crippen MR) is 131 cm³/mol. The van der Waals surface area contributed by atoms with Crippen LogP contribution in [0, 0.1) is 13.8 Å². The third-order valence-corrected chi connectivity index (χ3v) is 6.89. The molecule has 1 aliphatic heterocycles. The Morgan fingerprint density at radius 2 is 1.94 bits per heavy atom. The first kappa shape index (κ1) is 24.9. The number of aliphatic hydroxyl groups excluding tert-OH is 1. The van der Waals surface area contributed by atoms with Gasteiger partial charge in [-0.15, -0.1) is 5.10 Å². The number of anilines is 2. The highest BCUT2D eigenvalue weighted by molar-refractivity contribution is 6.10. The van der Waals surface area contributed by atoms with E-state index < -0.39 is 18.1 Å². The van der Waals surface area contributed by atoms with Crippen molar-refractivity contribution in [3.05, 3.63) is 58.3 Å². The monoisotopic (exact) mass is 484 g/mol. The average molecular weight is 485 g/mol. The van der Waals surface area contributed by atoms with E-state index in [1.807, 2.05) is 32.9 Å². The molecule has 2 atom stereocenters. The van der Waals surface area contributed by atoms with E-state index in [-0.39, 0.29) is 17.5 Å². The molecule has 0 saturated heterocycles. The van der Waals surface area contributed by atoms with E-state index in [1.165, 1.54) is 6.07 Å². The number of amides is 1. The van der Waals surface area contributed by atoms with Gasteiger partial charge in [-0.1, -0.05) is 18.2 Å². The third-order valence-electron chi connectivity index (χ3n) is 6.89. The first-order valence-corrected chi connectivity index (χ1v) is 11.5. The van der Waals surface area contributed by atoms with E-state index in [4.69, 9.17) is 9.84 Å². The number of likely N-dealkylation sites (N-methyl/N-ethyl adjacent to an activating group) is 1. The fraction of sp³-hybridized carbons (Fsp3) is 0.423. The van der Waals surface area contributed by atoms with Crippen LogP contribution in [0.5, 0.6) is 0 Å². The van der Waals surface area contributed by atoms with Crippen LogP contribution in [0.15, 0.2) is 30.3 Å². The van der Waals surface area contributed by atoms with Gasteiger partial charge in [0.2, 0.25) is 0 Å².